The Hall–Kier alpha value is -2.80. The third kappa shape index (κ3) is 5.10. The smallest absolute Gasteiger partial charge is 0.322 e. The summed E-state index contributed by atoms with van der Waals surface area (Å²) in [4.78, 5) is 26.4. The summed E-state index contributed by atoms with van der Waals surface area (Å²) >= 11 is 0. The Morgan fingerprint density at radius 2 is 1.96 bits per heavy atom. The van der Waals surface area contributed by atoms with Gasteiger partial charge in [0.2, 0.25) is 5.91 Å². The average molecular weight is 371 g/mol. The normalized spacial score (nSPS) is 17.2. The summed E-state index contributed by atoms with van der Waals surface area (Å²) in [5, 5.41) is 5.67. The van der Waals surface area contributed by atoms with Crippen LogP contribution in [-0.4, -0.2) is 37.1 Å². The van der Waals surface area contributed by atoms with Crippen molar-refractivity contribution in [1.82, 2.24) is 4.90 Å². The molecule has 144 valence electrons. The lowest BCUT2D eigenvalue weighted by atomic mass is 10.1. The first-order valence-corrected chi connectivity index (χ1v) is 9.17. The van der Waals surface area contributed by atoms with Crippen molar-refractivity contribution >= 4 is 23.3 Å². The highest BCUT2D eigenvalue weighted by Crippen LogP contribution is 2.31. The van der Waals surface area contributed by atoms with Gasteiger partial charge in [0.1, 0.15) is 12.4 Å². The fraction of sp³-hybridized carbons (Fsp3) is 0.400. The molecular weight excluding hydrogens is 346 g/mol. The van der Waals surface area contributed by atoms with Crippen molar-refractivity contribution in [3.8, 4) is 0 Å². The Morgan fingerprint density at radius 3 is 2.70 bits per heavy atom. The molecule has 2 aromatic rings. The van der Waals surface area contributed by atoms with Crippen LogP contribution in [0.4, 0.5) is 16.2 Å². The molecule has 2 N–H and O–H groups in total. The van der Waals surface area contributed by atoms with E-state index < -0.39 is 0 Å². The molecule has 0 saturated carbocycles. The van der Waals surface area contributed by atoms with Crippen molar-refractivity contribution in [1.29, 1.82) is 0 Å². The zero-order valence-corrected chi connectivity index (χ0v) is 15.4. The summed E-state index contributed by atoms with van der Waals surface area (Å²) in [6, 6.07) is 10.6. The van der Waals surface area contributed by atoms with Crippen molar-refractivity contribution in [3.63, 3.8) is 0 Å². The van der Waals surface area contributed by atoms with Crippen LogP contribution in [0.5, 0.6) is 0 Å². The number of hydrogen-bond acceptors (Lipinski definition) is 4. The number of ether oxygens (including phenoxy) is 1. The van der Waals surface area contributed by atoms with Gasteiger partial charge in [0.05, 0.1) is 12.3 Å². The van der Waals surface area contributed by atoms with Gasteiger partial charge in [-0.25, -0.2) is 4.79 Å². The Labute approximate surface area is 158 Å². The van der Waals surface area contributed by atoms with Gasteiger partial charge >= 0.3 is 6.03 Å². The Morgan fingerprint density at radius 1 is 1.15 bits per heavy atom. The third-order valence-electron chi connectivity index (χ3n) is 4.56. The van der Waals surface area contributed by atoms with Crippen LogP contribution < -0.4 is 10.6 Å². The van der Waals surface area contributed by atoms with Crippen LogP contribution in [0.1, 0.15) is 37.5 Å². The lowest BCUT2D eigenvalue weighted by Crippen LogP contribution is -2.37. The van der Waals surface area contributed by atoms with E-state index in [0.717, 1.165) is 31.4 Å². The molecule has 3 rings (SSSR count). The molecule has 1 unspecified atom stereocenters. The van der Waals surface area contributed by atoms with Crippen molar-refractivity contribution in [2.45, 2.75) is 31.7 Å². The van der Waals surface area contributed by atoms with Gasteiger partial charge in [0, 0.05) is 25.0 Å². The number of likely N-dealkylation sites (tertiary alicyclic amines) is 1. The molecule has 0 radical (unpaired) electrons. The first kappa shape index (κ1) is 19.0. The summed E-state index contributed by atoms with van der Waals surface area (Å²) in [7, 11) is 1.47. The van der Waals surface area contributed by atoms with E-state index in [1.807, 2.05) is 17.0 Å². The van der Waals surface area contributed by atoms with E-state index in [0.29, 0.717) is 17.9 Å². The molecule has 1 aromatic heterocycles. The van der Waals surface area contributed by atoms with Crippen molar-refractivity contribution < 1.29 is 18.7 Å². The molecule has 1 fully saturated rings. The number of nitrogens with zero attached hydrogens (tertiary/aromatic N) is 1. The number of rotatable bonds is 5. The van der Waals surface area contributed by atoms with Crippen LogP contribution in [0.25, 0.3) is 0 Å². The second-order valence-electron chi connectivity index (χ2n) is 6.57. The standard InChI is InChI=1S/C20H25N3O4/c1-26-14-19(24)21-15-7-5-8-16(13-15)22-20(25)23-11-4-2-3-9-17(23)18-10-6-12-27-18/h5-8,10,12-13,17H,2-4,9,11,14H2,1H3,(H,21,24)(H,22,25). The quantitative estimate of drug-likeness (QED) is 0.832. The Balaban J connectivity index is 1.70. The van der Waals surface area contributed by atoms with Crippen LogP contribution in [-0.2, 0) is 9.53 Å². The fourth-order valence-electron chi connectivity index (χ4n) is 3.33. The number of benzene rings is 1. The molecule has 1 aromatic carbocycles. The number of carbonyl (C=O) groups excluding carboxylic acids is 2. The maximum atomic E-state index is 12.9. The molecule has 0 spiro atoms. The number of hydrogen-bond donors (Lipinski definition) is 2. The first-order chi connectivity index (χ1) is 13.2. The molecule has 1 aliphatic heterocycles. The maximum absolute atomic E-state index is 12.9. The molecule has 1 aliphatic rings. The Bertz CT molecular complexity index is 760. The van der Waals surface area contributed by atoms with E-state index in [1.165, 1.54) is 7.11 Å². The van der Waals surface area contributed by atoms with Crippen LogP contribution in [0, 0.1) is 0 Å². The predicted octanol–water partition coefficient (Wildman–Crippen LogP) is 4.01. The van der Waals surface area contributed by atoms with Gasteiger partial charge in [-0.15, -0.1) is 0 Å². The van der Waals surface area contributed by atoms with E-state index in [-0.39, 0.29) is 24.6 Å². The maximum Gasteiger partial charge on any atom is 0.322 e. The zero-order valence-electron chi connectivity index (χ0n) is 15.4. The second kappa shape index (κ2) is 9.23. The van der Waals surface area contributed by atoms with Crippen LogP contribution >= 0.6 is 0 Å². The van der Waals surface area contributed by atoms with Gasteiger partial charge in [-0.3, -0.25) is 4.79 Å². The number of furan rings is 1. The molecular formula is C20H25N3O4. The summed E-state index contributed by atoms with van der Waals surface area (Å²) in [6.45, 7) is 0.663. The van der Waals surface area contributed by atoms with Crippen LogP contribution in [0.3, 0.4) is 0 Å². The molecule has 7 heteroatoms. The second-order valence-corrected chi connectivity index (χ2v) is 6.57. The molecule has 0 bridgehead atoms. The van der Waals surface area contributed by atoms with Gasteiger partial charge in [0.15, 0.2) is 0 Å². The summed E-state index contributed by atoms with van der Waals surface area (Å²) < 4.78 is 10.4. The summed E-state index contributed by atoms with van der Waals surface area (Å²) in [5.74, 6) is 0.569. The molecule has 2 heterocycles. The zero-order chi connectivity index (χ0) is 19.1. The van der Waals surface area contributed by atoms with Crippen molar-refractivity contribution in [2.75, 3.05) is 30.9 Å². The van der Waals surface area contributed by atoms with E-state index in [9.17, 15) is 9.59 Å². The van der Waals surface area contributed by atoms with Crippen molar-refractivity contribution in [3.05, 3.63) is 48.4 Å². The molecule has 0 aliphatic carbocycles. The van der Waals surface area contributed by atoms with Gasteiger partial charge in [-0.2, -0.15) is 0 Å². The van der Waals surface area contributed by atoms with E-state index in [4.69, 9.17) is 9.15 Å². The number of nitrogens with one attached hydrogen (secondary N) is 2. The average Bonchev–Trinajstić information content (AvgIpc) is 3.06. The summed E-state index contributed by atoms with van der Waals surface area (Å²) in [6.07, 6.45) is 5.66. The van der Waals surface area contributed by atoms with Crippen molar-refractivity contribution in [2.24, 2.45) is 0 Å². The minimum atomic E-state index is -0.244. The SMILES string of the molecule is COCC(=O)Nc1cccc(NC(=O)N2CCCCCC2c2ccco2)c1. The molecule has 7 nitrogen and oxygen atoms in total. The van der Waals surface area contributed by atoms with Crippen LogP contribution in [0.15, 0.2) is 47.1 Å². The number of amides is 3. The lowest BCUT2D eigenvalue weighted by Gasteiger charge is -2.28. The minimum Gasteiger partial charge on any atom is -0.467 e. The van der Waals surface area contributed by atoms with E-state index in [2.05, 4.69) is 10.6 Å². The number of urea groups is 1. The van der Waals surface area contributed by atoms with E-state index in [1.54, 1.807) is 30.5 Å². The molecule has 1 atom stereocenters. The van der Waals surface area contributed by atoms with E-state index >= 15 is 0 Å². The highest BCUT2D eigenvalue weighted by Gasteiger charge is 2.28. The highest BCUT2D eigenvalue weighted by molar-refractivity contribution is 5.94. The fourth-order valence-corrected chi connectivity index (χ4v) is 3.33. The van der Waals surface area contributed by atoms with Gasteiger partial charge < -0.3 is 24.7 Å². The molecule has 3 amide bonds. The molecule has 1 saturated heterocycles. The lowest BCUT2D eigenvalue weighted by molar-refractivity contribution is -0.119. The summed E-state index contributed by atoms with van der Waals surface area (Å²) in [5.41, 5.74) is 1.23. The van der Waals surface area contributed by atoms with Gasteiger partial charge in [-0.1, -0.05) is 18.9 Å². The van der Waals surface area contributed by atoms with Crippen LogP contribution in [0.2, 0.25) is 0 Å². The molecule has 27 heavy (non-hydrogen) atoms. The number of carbonyl (C=O) groups is 2. The van der Waals surface area contributed by atoms with Gasteiger partial charge in [-0.05, 0) is 43.2 Å². The topological polar surface area (TPSA) is 83.8 Å². The third-order valence-corrected chi connectivity index (χ3v) is 4.56. The highest BCUT2D eigenvalue weighted by atomic mass is 16.5. The number of methoxy groups -OCH3 is 1. The largest absolute Gasteiger partial charge is 0.467 e. The number of anilines is 2. The predicted molar refractivity (Wildman–Crippen MR) is 103 cm³/mol. The Kier molecular flexibility index (Phi) is 6.49. The minimum absolute atomic E-state index is 0.0187. The van der Waals surface area contributed by atoms with Gasteiger partial charge in [0.25, 0.3) is 0 Å². The first-order valence-electron chi connectivity index (χ1n) is 9.17. The monoisotopic (exact) mass is 371 g/mol.